The van der Waals surface area contributed by atoms with E-state index in [1.54, 1.807) is 32.1 Å². The SMILES string of the molecule is COc1ccc(OC)c(CCNC(=O)[C@@H](C)N2Cc3ccccc3C2=O)c1. The van der Waals surface area contributed by atoms with E-state index in [1.807, 2.05) is 36.4 Å². The van der Waals surface area contributed by atoms with Gasteiger partial charge in [0.25, 0.3) is 5.91 Å². The summed E-state index contributed by atoms with van der Waals surface area (Å²) in [7, 11) is 3.22. The Morgan fingerprint density at radius 1 is 1.19 bits per heavy atom. The number of ether oxygens (including phenoxy) is 2. The maximum atomic E-state index is 12.5. The summed E-state index contributed by atoms with van der Waals surface area (Å²) in [6, 6.07) is 12.5. The number of hydrogen-bond acceptors (Lipinski definition) is 4. The fourth-order valence-corrected chi connectivity index (χ4v) is 3.28. The molecule has 2 aromatic rings. The maximum absolute atomic E-state index is 12.5. The van der Waals surface area contributed by atoms with Crippen LogP contribution in [-0.2, 0) is 17.8 Å². The third kappa shape index (κ3) is 3.89. The molecule has 0 spiro atoms. The lowest BCUT2D eigenvalue weighted by Gasteiger charge is -2.23. The van der Waals surface area contributed by atoms with Crippen LogP contribution in [0, 0.1) is 0 Å². The van der Waals surface area contributed by atoms with Crippen LogP contribution >= 0.6 is 0 Å². The topological polar surface area (TPSA) is 67.9 Å². The molecule has 27 heavy (non-hydrogen) atoms. The first kappa shape index (κ1) is 18.8. The molecule has 0 aromatic heterocycles. The molecule has 1 aliphatic heterocycles. The summed E-state index contributed by atoms with van der Waals surface area (Å²) < 4.78 is 10.6. The van der Waals surface area contributed by atoms with Crippen molar-refractivity contribution in [3.05, 3.63) is 59.2 Å². The van der Waals surface area contributed by atoms with Crippen LogP contribution in [0.5, 0.6) is 11.5 Å². The first-order valence-corrected chi connectivity index (χ1v) is 8.92. The van der Waals surface area contributed by atoms with Gasteiger partial charge in [0.15, 0.2) is 0 Å². The number of benzene rings is 2. The Morgan fingerprint density at radius 3 is 2.67 bits per heavy atom. The lowest BCUT2D eigenvalue weighted by molar-refractivity contribution is -0.125. The summed E-state index contributed by atoms with van der Waals surface area (Å²) >= 11 is 0. The van der Waals surface area contributed by atoms with Gasteiger partial charge in [-0.3, -0.25) is 9.59 Å². The molecule has 1 atom stereocenters. The maximum Gasteiger partial charge on any atom is 0.255 e. The van der Waals surface area contributed by atoms with Crippen LogP contribution in [0.3, 0.4) is 0 Å². The van der Waals surface area contributed by atoms with E-state index < -0.39 is 6.04 Å². The van der Waals surface area contributed by atoms with Crippen LogP contribution in [-0.4, -0.2) is 43.5 Å². The predicted octanol–water partition coefficient (Wildman–Crippen LogP) is 2.41. The molecule has 0 unspecified atom stereocenters. The van der Waals surface area contributed by atoms with Gasteiger partial charge in [0.2, 0.25) is 5.91 Å². The van der Waals surface area contributed by atoms with Gasteiger partial charge in [0.1, 0.15) is 17.5 Å². The van der Waals surface area contributed by atoms with Crippen molar-refractivity contribution in [2.75, 3.05) is 20.8 Å². The Labute approximate surface area is 159 Å². The van der Waals surface area contributed by atoms with Gasteiger partial charge in [0, 0.05) is 18.7 Å². The fraction of sp³-hybridized carbons (Fsp3) is 0.333. The molecule has 1 N–H and O–H groups in total. The molecule has 0 saturated carbocycles. The van der Waals surface area contributed by atoms with E-state index in [2.05, 4.69) is 5.32 Å². The first-order valence-electron chi connectivity index (χ1n) is 8.92. The second kappa shape index (κ2) is 8.12. The molecule has 1 aliphatic rings. The van der Waals surface area contributed by atoms with Crippen molar-refractivity contribution in [1.82, 2.24) is 10.2 Å². The quantitative estimate of drug-likeness (QED) is 0.815. The highest BCUT2D eigenvalue weighted by Gasteiger charge is 2.33. The van der Waals surface area contributed by atoms with Gasteiger partial charge in [0.05, 0.1) is 14.2 Å². The third-order valence-electron chi connectivity index (χ3n) is 4.88. The van der Waals surface area contributed by atoms with Crippen molar-refractivity contribution in [2.24, 2.45) is 0 Å². The highest BCUT2D eigenvalue weighted by Crippen LogP contribution is 2.25. The summed E-state index contributed by atoms with van der Waals surface area (Å²) in [6.45, 7) is 2.67. The van der Waals surface area contributed by atoms with Crippen molar-refractivity contribution in [2.45, 2.75) is 25.9 Å². The number of nitrogens with zero attached hydrogens (tertiary/aromatic N) is 1. The lowest BCUT2D eigenvalue weighted by Crippen LogP contribution is -2.45. The molecule has 6 heteroatoms. The van der Waals surface area contributed by atoms with Crippen LogP contribution in [0.15, 0.2) is 42.5 Å². The molecule has 2 aromatic carbocycles. The van der Waals surface area contributed by atoms with E-state index in [1.165, 1.54) is 0 Å². The van der Waals surface area contributed by atoms with Gasteiger partial charge in [-0.1, -0.05) is 18.2 Å². The lowest BCUT2D eigenvalue weighted by atomic mass is 10.1. The molecule has 3 rings (SSSR count). The molecule has 6 nitrogen and oxygen atoms in total. The standard InChI is InChI=1S/C21H24N2O4/c1-14(23-13-16-6-4-5-7-18(16)21(23)25)20(24)22-11-10-15-12-17(26-2)8-9-19(15)27-3/h4-9,12,14H,10-11,13H2,1-3H3,(H,22,24)/t14-/m1/s1. The molecule has 0 bridgehead atoms. The molecule has 0 fully saturated rings. The fourth-order valence-electron chi connectivity index (χ4n) is 3.28. The van der Waals surface area contributed by atoms with E-state index in [-0.39, 0.29) is 11.8 Å². The minimum atomic E-state index is -0.530. The van der Waals surface area contributed by atoms with E-state index in [9.17, 15) is 9.59 Å². The van der Waals surface area contributed by atoms with Gasteiger partial charge in [-0.2, -0.15) is 0 Å². The molecular weight excluding hydrogens is 344 g/mol. The number of methoxy groups -OCH3 is 2. The Kier molecular flexibility index (Phi) is 5.64. The Bertz CT molecular complexity index is 850. The van der Waals surface area contributed by atoms with Crippen LogP contribution in [0.25, 0.3) is 0 Å². The number of fused-ring (bicyclic) bond motifs is 1. The third-order valence-corrected chi connectivity index (χ3v) is 4.88. The van der Waals surface area contributed by atoms with E-state index >= 15 is 0 Å². The van der Waals surface area contributed by atoms with Gasteiger partial charge < -0.3 is 19.7 Å². The summed E-state index contributed by atoms with van der Waals surface area (Å²) in [5.74, 6) is 1.23. The smallest absolute Gasteiger partial charge is 0.255 e. The molecule has 142 valence electrons. The first-order chi connectivity index (χ1) is 13.0. The Morgan fingerprint density at radius 2 is 1.96 bits per heavy atom. The minimum absolute atomic E-state index is 0.0947. The molecule has 0 aliphatic carbocycles. The summed E-state index contributed by atoms with van der Waals surface area (Å²) in [5.41, 5.74) is 2.59. The Balaban J connectivity index is 1.58. The van der Waals surface area contributed by atoms with Crippen molar-refractivity contribution in [3.8, 4) is 11.5 Å². The van der Waals surface area contributed by atoms with Gasteiger partial charge >= 0.3 is 0 Å². The predicted molar refractivity (Wildman–Crippen MR) is 102 cm³/mol. The number of rotatable bonds is 7. The zero-order chi connectivity index (χ0) is 19.4. The largest absolute Gasteiger partial charge is 0.497 e. The molecular formula is C21H24N2O4. The van der Waals surface area contributed by atoms with Crippen LogP contribution in [0.1, 0.15) is 28.4 Å². The number of carbonyl (C=O) groups is 2. The second-order valence-electron chi connectivity index (χ2n) is 6.48. The summed E-state index contributed by atoms with van der Waals surface area (Å²) in [4.78, 5) is 26.6. The average Bonchev–Trinajstić information content (AvgIpc) is 3.04. The van der Waals surface area contributed by atoms with Gasteiger partial charge in [-0.05, 0) is 48.7 Å². The van der Waals surface area contributed by atoms with Crippen molar-refractivity contribution in [1.29, 1.82) is 0 Å². The summed E-state index contributed by atoms with van der Waals surface area (Å²) in [5, 5.41) is 2.91. The van der Waals surface area contributed by atoms with Crippen LogP contribution in [0.4, 0.5) is 0 Å². The molecule has 0 saturated heterocycles. The number of nitrogens with one attached hydrogen (secondary N) is 1. The van der Waals surface area contributed by atoms with E-state index in [4.69, 9.17) is 9.47 Å². The normalized spacial score (nSPS) is 13.9. The van der Waals surface area contributed by atoms with Crippen molar-refractivity contribution in [3.63, 3.8) is 0 Å². The number of carbonyl (C=O) groups excluding carboxylic acids is 2. The van der Waals surface area contributed by atoms with Crippen molar-refractivity contribution >= 4 is 11.8 Å². The van der Waals surface area contributed by atoms with E-state index in [0.29, 0.717) is 25.1 Å². The van der Waals surface area contributed by atoms with Crippen LogP contribution in [0.2, 0.25) is 0 Å². The van der Waals surface area contributed by atoms with Crippen molar-refractivity contribution < 1.29 is 19.1 Å². The monoisotopic (exact) mass is 368 g/mol. The highest BCUT2D eigenvalue weighted by atomic mass is 16.5. The average molecular weight is 368 g/mol. The Hall–Kier alpha value is -3.02. The molecule has 1 heterocycles. The minimum Gasteiger partial charge on any atom is -0.497 e. The summed E-state index contributed by atoms with van der Waals surface area (Å²) in [6.07, 6.45) is 0.604. The van der Waals surface area contributed by atoms with Crippen LogP contribution < -0.4 is 14.8 Å². The molecule has 2 amide bonds. The number of hydrogen-bond donors (Lipinski definition) is 1. The zero-order valence-corrected chi connectivity index (χ0v) is 15.8. The van der Waals surface area contributed by atoms with Gasteiger partial charge in [-0.25, -0.2) is 0 Å². The number of amides is 2. The second-order valence-corrected chi connectivity index (χ2v) is 6.48. The molecule has 0 radical (unpaired) electrons. The van der Waals surface area contributed by atoms with E-state index in [0.717, 1.165) is 22.6 Å². The highest BCUT2D eigenvalue weighted by molar-refractivity contribution is 6.01. The zero-order valence-electron chi connectivity index (χ0n) is 15.8. The van der Waals surface area contributed by atoms with Gasteiger partial charge in [-0.15, -0.1) is 0 Å².